The number of benzene rings is 1. The molecule has 0 spiro atoms. The standard InChI is InChI=1S/C17H22N2O4S2/c1-5-19(6-2)13-7-8-14(12(3)11-13)18-25(21,22)15-9-10-24-16(15)17(20)23-4/h7-11,18H,5-6H2,1-4H3. The fraction of sp³-hybridized carbons (Fsp3) is 0.353. The summed E-state index contributed by atoms with van der Waals surface area (Å²) in [6, 6.07) is 6.97. The van der Waals surface area contributed by atoms with Crippen molar-refractivity contribution in [3.05, 3.63) is 40.1 Å². The van der Waals surface area contributed by atoms with Gasteiger partial charge in [0.05, 0.1) is 12.8 Å². The zero-order valence-corrected chi connectivity index (χ0v) is 16.3. The van der Waals surface area contributed by atoms with Gasteiger partial charge in [0.15, 0.2) is 0 Å². The third kappa shape index (κ3) is 4.13. The molecule has 0 saturated heterocycles. The topological polar surface area (TPSA) is 75.7 Å². The Bertz CT molecular complexity index is 855. The summed E-state index contributed by atoms with van der Waals surface area (Å²) in [6.07, 6.45) is 0. The second-order valence-electron chi connectivity index (χ2n) is 5.38. The first-order valence-corrected chi connectivity index (χ1v) is 10.2. The zero-order valence-electron chi connectivity index (χ0n) is 14.7. The number of aryl methyl sites for hydroxylation is 1. The van der Waals surface area contributed by atoms with E-state index >= 15 is 0 Å². The van der Waals surface area contributed by atoms with Crippen LogP contribution in [0.1, 0.15) is 29.1 Å². The van der Waals surface area contributed by atoms with Crippen LogP contribution in [-0.2, 0) is 14.8 Å². The lowest BCUT2D eigenvalue weighted by Crippen LogP contribution is -2.22. The molecule has 0 radical (unpaired) electrons. The Labute approximate surface area is 152 Å². The molecule has 0 fully saturated rings. The van der Waals surface area contributed by atoms with Gasteiger partial charge in [0, 0.05) is 18.8 Å². The SMILES string of the molecule is CCN(CC)c1ccc(NS(=O)(=O)c2ccsc2C(=O)OC)c(C)c1. The first-order chi connectivity index (χ1) is 11.8. The normalized spacial score (nSPS) is 11.2. The average Bonchev–Trinajstić information content (AvgIpc) is 3.08. The van der Waals surface area contributed by atoms with Crippen LogP contribution in [0.3, 0.4) is 0 Å². The maximum absolute atomic E-state index is 12.7. The minimum absolute atomic E-state index is 0.0624. The van der Waals surface area contributed by atoms with Crippen LogP contribution in [0.4, 0.5) is 11.4 Å². The second kappa shape index (κ2) is 7.88. The molecule has 0 amide bonds. The van der Waals surface area contributed by atoms with Crippen molar-refractivity contribution >= 4 is 38.7 Å². The fourth-order valence-corrected chi connectivity index (χ4v) is 4.96. The van der Waals surface area contributed by atoms with Crippen molar-refractivity contribution in [3.63, 3.8) is 0 Å². The predicted octanol–water partition coefficient (Wildman–Crippen LogP) is 3.49. The van der Waals surface area contributed by atoms with Gasteiger partial charge >= 0.3 is 5.97 Å². The summed E-state index contributed by atoms with van der Waals surface area (Å²) in [5.41, 5.74) is 2.33. The van der Waals surface area contributed by atoms with E-state index in [1.165, 1.54) is 13.2 Å². The number of anilines is 2. The number of carbonyl (C=O) groups excluding carboxylic acids is 1. The molecule has 0 unspecified atom stereocenters. The summed E-state index contributed by atoms with van der Waals surface area (Å²) in [7, 11) is -2.65. The quantitative estimate of drug-likeness (QED) is 0.742. The van der Waals surface area contributed by atoms with Gasteiger partial charge in [-0.3, -0.25) is 4.72 Å². The Morgan fingerprint density at radius 1 is 1.24 bits per heavy atom. The van der Waals surface area contributed by atoms with Crippen molar-refractivity contribution in [2.45, 2.75) is 25.7 Å². The van der Waals surface area contributed by atoms with E-state index in [9.17, 15) is 13.2 Å². The number of nitrogens with zero attached hydrogens (tertiary/aromatic N) is 1. The number of methoxy groups -OCH3 is 1. The summed E-state index contributed by atoms with van der Waals surface area (Å²) in [5.74, 6) is -0.663. The van der Waals surface area contributed by atoms with Crippen LogP contribution in [0.25, 0.3) is 0 Å². The molecule has 2 aromatic rings. The molecule has 25 heavy (non-hydrogen) atoms. The van der Waals surface area contributed by atoms with Gasteiger partial charge < -0.3 is 9.64 Å². The van der Waals surface area contributed by atoms with Crippen LogP contribution in [-0.4, -0.2) is 34.6 Å². The molecule has 0 aliphatic heterocycles. The lowest BCUT2D eigenvalue weighted by molar-refractivity contribution is 0.0602. The molecule has 2 rings (SSSR count). The number of hydrogen-bond donors (Lipinski definition) is 1. The molecule has 0 atom stereocenters. The van der Waals surface area contributed by atoms with Crippen LogP contribution in [0, 0.1) is 6.92 Å². The number of nitrogens with one attached hydrogen (secondary N) is 1. The van der Waals surface area contributed by atoms with Gasteiger partial charge in [-0.15, -0.1) is 11.3 Å². The molecule has 1 aromatic carbocycles. The number of sulfonamides is 1. The third-order valence-electron chi connectivity index (χ3n) is 3.87. The van der Waals surface area contributed by atoms with Crippen molar-refractivity contribution in [1.29, 1.82) is 0 Å². The summed E-state index contributed by atoms with van der Waals surface area (Å²) in [4.78, 5) is 13.9. The second-order valence-corrected chi connectivity index (χ2v) is 7.95. The monoisotopic (exact) mass is 382 g/mol. The van der Waals surface area contributed by atoms with Gasteiger partial charge in [0.1, 0.15) is 9.77 Å². The first kappa shape index (κ1) is 19.3. The Hall–Kier alpha value is -2.06. The number of thiophene rings is 1. The van der Waals surface area contributed by atoms with Crippen LogP contribution in [0.15, 0.2) is 34.5 Å². The van der Waals surface area contributed by atoms with Crippen LogP contribution in [0.2, 0.25) is 0 Å². The van der Waals surface area contributed by atoms with Crippen molar-refractivity contribution in [2.75, 3.05) is 29.8 Å². The van der Waals surface area contributed by atoms with Crippen molar-refractivity contribution < 1.29 is 17.9 Å². The molecule has 8 heteroatoms. The van der Waals surface area contributed by atoms with E-state index in [0.29, 0.717) is 5.69 Å². The van der Waals surface area contributed by atoms with Crippen LogP contribution < -0.4 is 9.62 Å². The summed E-state index contributed by atoms with van der Waals surface area (Å²) in [6.45, 7) is 7.73. The lowest BCUT2D eigenvalue weighted by Gasteiger charge is -2.22. The molecular formula is C17H22N2O4S2. The molecule has 0 bridgehead atoms. The van der Waals surface area contributed by atoms with E-state index in [2.05, 4.69) is 28.2 Å². The van der Waals surface area contributed by atoms with E-state index in [0.717, 1.165) is 35.7 Å². The smallest absolute Gasteiger partial charge is 0.349 e. The number of rotatable bonds is 7. The Morgan fingerprint density at radius 2 is 1.92 bits per heavy atom. The molecule has 1 N–H and O–H groups in total. The molecular weight excluding hydrogens is 360 g/mol. The highest BCUT2D eigenvalue weighted by atomic mass is 32.2. The predicted molar refractivity (Wildman–Crippen MR) is 101 cm³/mol. The maximum atomic E-state index is 12.7. The molecule has 1 aromatic heterocycles. The van der Waals surface area contributed by atoms with Gasteiger partial charge in [-0.05, 0) is 56.0 Å². The largest absolute Gasteiger partial charge is 0.465 e. The van der Waals surface area contributed by atoms with Gasteiger partial charge in [0.2, 0.25) is 0 Å². The molecule has 0 aliphatic carbocycles. The fourth-order valence-electron chi connectivity index (χ4n) is 2.50. The highest BCUT2D eigenvalue weighted by Gasteiger charge is 2.25. The minimum Gasteiger partial charge on any atom is -0.465 e. The number of esters is 1. The van der Waals surface area contributed by atoms with Crippen molar-refractivity contribution in [2.24, 2.45) is 0 Å². The van der Waals surface area contributed by atoms with Crippen molar-refractivity contribution in [3.8, 4) is 0 Å². The Kier molecular flexibility index (Phi) is 6.07. The van der Waals surface area contributed by atoms with E-state index in [1.807, 2.05) is 19.1 Å². The highest BCUT2D eigenvalue weighted by molar-refractivity contribution is 7.93. The van der Waals surface area contributed by atoms with Gasteiger partial charge in [-0.1, -0.05) is 0 Å². The van der Waals surface area contributed by atoms with Gasteiger partial charge in [-0.2, -0.15) is 0 Å². The van der Waals surface area contributed by atoms with E-state index in [4.69, 9.17) is 0 Å². The number of carbonyl (C=O) groups is 1. The average molecular weight is 383 g/mol. The maximum Gasteiger partial charge on any atom is 0.349 e. The summed E-state index contributed by atoms with van der Waals surface area (Å²) >= 11 is 1.04. The minimum atomic E-state index is -3.88. The number of ether oxygens (including phenoxy) is 1. The number of hydrogen-bond acceptors (Lipinski definition) is 6. The van der Waals surface area contributed by atoms with Gasteiger partial charge in [-0.25, -0.2) is 13.2 Å². The molecule has 0 saturated carbocycles. The summed E-state index contributed by atoms with van der Waals surface area (Å²) < 4.78 is 32.5. The summed E-state index contributed by atoms with van der Waals surface area (Å²) in [5, 5.41) is 1.55. The Balaban J connectivity index is 2.33. The molecule has 136 valence electrons. The molecule has 1 heterocycles. The van der Waals surface area contributed by atoms with E-state index in [-0.39, 0.29) is 9.77 Å². The molecule has 6 nitrogen and oxygen atoms in total. The van der Waals surface area contributed by atoms with E-state index in [1.54, 1.807) is 11.4 Å². The van der Waals surface area contributed by atoms with Crippen LogP contribution >= 0.6 is 11.3 Å². The molecule has 0 aliphatic rings. The van der Waals surface area contributed by atoms with E-state index < -0.39 is 16.0 Å². The third-order valence-corrected chi connectivity index (χ3v) is 6.30. The zero-order chi connectivity index (χ0) is 18.6. The lowest BCUT2D eigenvalue weighted by atomic mass is 10.1. The van der Waals surface area contributed by atoms with Crippen LogP contribution in [0.5, 0.6) is 0 Å². The Morgan fingerprint density at radius 3 is 2.48 bits per heavy atom. The highest BCUT2D eigenvalue weighted by Crippen LogP contribution is 2.28. The van der Waals surface area contributed by atoms with Crippen molar-refractivity contribution in [1.82, 2.24) is 0 Å². The first-order valence-electron chi connectivity index (χ1n) is 7.88. The van der Waals surface area contributed by atoms with Gasteiger partial charge in [0.25, 0.3) is 10.0 Å².